The second kappa shape index (κ2) is 11.6. The van der Waals surface area contributed by atoms with E-state index >= 15 is 0 Å². The fraction of sp³-hybridized carbons (Fsp3) is 0.371. The fourth-order valence-corrected chi connectivity index (χ4v) is 6.94. The van der Waals surface area contributed by atoms with Crippen molar-refractivity contribution in [3.63, 3.8) is 0 Å². The first kappa shape index (κ1) is 31.1. The molecule has 1 heterocycles. The zero-order chi connectivity index (χ0) is 31.3. The van der Waals surface area contributed by atoms with Crippen LogP contribution in [0.3, 0.4) is 0 Å². The summed E-state index contributed by atoms with van der Waals surface area (Å²) in [5.74, 6) is 2.97. The Morgan fingerprint density at radius 3 is 1.74 bits per heavy atom. The summed E-state index contributed by atoms with van der Waals surface area (Å²) in [5.41, 5.74) is 5.16. The van der Waals surface area contributed by atoms with Crippen LogP contribution in [0.4, 0.5) is 0 Å². The molecule has 1 unspecified atom stereocenters. The average Bonchev–Trinajstić information content (AvgIpc) is 3.09. The van der Waals surface area contributed by atoms with Gasteiger partial charge < -0.3 is 26.9 Å². The van der Waals surface area contributed by atoms with Gasteiger partial charge in [0.25, 0.3) is 0 Å². The molecule has 5 rings (SSSR count). The summed E-state index contributed by atoms with van der Waals surface area (Å²) in [6, 6.07) is 16.3. The lowest BCUT2D eigenvalue weighted by Crippen LogP contribution is -2.12. The van der Waals surface area contributed by atoms with Gasteiger partial charge in [0.15, 0.2) is 0 Å². The Labute approximate surface area is 257 Å². The van der Waals surface area contributed by atoms with Gasteiger partial charge in [0.05, 0.1) is 28.4 Å². The number of benzene rings is 4. The summed E-state index contributed by atoms with van der Waals surface area (Å²) in [5, 5.41) is 3.70. The Kier molecular flexibility index (Phi) is 8.42. The van der Waals surface area contributed by atoms with Crippen molar-refractivity contribution in [1.82, 2.24) is 0 Å². The van der Waals surface area contributed by atoms with Crippen LogP contribution in [-0.2, 0) is 10.8 Å². The van der Waals surface area contributed by atoms with Gasteiger partial charge in [-0.2, -0.15) is 0 Å². The first-order valence-electron chi connectivity index (χ1n) is 14.4. The van der Waals surface area contributed by atoms with Crippen LogP contribution in [0, 0.1) is 13.8 Å². The molecule has 0 bridgehead atoms. The van der Waals surface area contributed by atoms with E-state index in [4.69, 9.17) is 26.9 Å². The van der Waals surface area contributed by atoms with Crippen LogP contribution >= 0.6 is 17.0 Å². The van der Waals surface area contributed by atoms with Gasteiger partial charge in [0.2, 0.25) is 0 Å². The van der Waals surface area contributed by atoms with E-state index in [2.05, 4.69) is 67.5 Å². The largest absolute Gasteiger partial charge is 0.497 e. The highest BCUT2D eigenvalue weighted by Crippen LogP contribution is 2.48. The number of rotatable bonds is 6. The highest BCUT2D eigenvalue weighted by molar-refractivity contribution is 7.32. The molecule has 0 aliphatic carbocycles. The van der Waals surface area contributed by atoms with E-state index in [1.165, 1.54) is 5.56 Å². The van der Waals surface area contributed by atoms with Gasteiger partial charge in [-0.15, -0.1) is 0 Å². The first-order valence-corrected chi connectivity index (χ1v) is 16.9. The molecule has 43 heavy (non-hydrogen) atoms. The highest BCUT2D eigenvalue weighted by Gasteiger charge is 2.26. The molecule has 228 valence electrons. The Morgan fingerprint density at radius 1 is 0.744 bits per heavy atom. The molecule has 0 N–H and O–H groups in total. The zero-order valence-corrected chi connectivity index (χ0v) is 28.9. The summed E-state index contributed by atoms with van der Waals surface area (Å²) < 4.78 is 38.2. The zero-order valence-electron chi connectivity index (χ0n) is 27.0. The maximum absolute atomic E-state index is 6.83. The van der Waals surface area contributed by atoms with Gasteiger partial charge in [0.1, 0.15) is 34.2 Å². The van der Waals surface area contributed by atoms with Gasteiger partial charge >= 0.3 is 8.24 Å². The molecule has 0 spiro atoms. The highest BCUT2D eigenvalue weighted by atomic mass is 31.1. The molecule has 8 heteroatoms. The topological polar surface area (TPSA) is 63.2 Å². The first-order chi connectivity index (χ1) is 20.3. The maximum atomic E-state index is 6.83. The number of aryl methyl sites for hydroxylation is 1. The second-order valence-electron chi connectivity index (χ2n) is 12.9. The number of methoxy groups -OCH3 is 2. The maximum Gasteiger partial charge on any atom is 0.453 e. The molecule has 4 aromatic carbocycles. The molecule has 1 atom stereocenters. The third-order valence-corrected chi connectivity index (χ3v) is 9.22. The van der Waals surface area contributed by atoms with Crippen molar-refractivity contribution in [1.29, 1.82) is 0 Å². The molecule has 0 fully saturated rings. The van der Waals surface area contributed by atoms with Gasteiger partial charge in [0, 0.05) is 21.9 Å². The predicted molar refractivity (Wildman–Crippen MR) is 181 cm³/mol. The third-order valence-electron chi connectivity index (χ3n) is 7.80. The Bertz CT molecular complexity index is 1790. The fourth-order valence-electron chi connectivity index (χ4n) is 5.36. The van der Waals surface area contributed by atoms with E-state index in [9.17, 15) is 0 Å². The Morgan fingerprint density at radius 2 is 1.28 bits per heavy atom. The van der Waals surface area contributed by atoms with E-state index < -0.39 is 8.24 Å². The molecule has 0 aliphatic heterocycles. The van der Waals surface area contributed by atoms with Crippen LogP contribution in [0.2, 0.25) is 0 Å². The number of fused-ring (bicyclic) bond motifs is 4. The van der Waals surface area contributed by atoms with Crippen molar-refractivity contribution < 1.29 is 26.9 Å². The molecule has 0 radical (unpaired) electrons. The van der Waals surface area contributed by atoms with E-state index in [1.54, 1.807) is 14.2 Å². The minimum absolute atomic E-state index is 0.257. The quantitative estimate of drug-likeness (QED) is 0.176. The predicted octanol–water partition coefficient (Wildman–Crippen LogP) is 11.1. The van der Waals surface area contributed by atoms with Crippen molar-refractivity contribution >= 4 is 49.8 Å². The SMILES string of the molecule is COc1cc(C(C)(C)C)c2op(Oc3cccc4cc(C)c(C)c(OPC)c34)oc3c(C(C)(C)C)cc(OC)cc3c2c1. The van der Waals surface area contributed by atoms with E-state index in [-0.39, 0.29) is 19.6 Å². The monoisotopic (exact) mass is 620 g/mol. The number of hydrogen-bond acceptors (Lipinski definition) is 6. The van der Waals surface area contributed by atoms with Gasteiger partial charge in [-0.3, -0.25) is 0 Å². The van der Waals surface area contributed by atoms with Crippen molar-refractivity contribution in [2.24, 2.45) is 0 Å². The molecule has 5 aromatic rings. The molecule has 6 nitrogen and oxygen atoms in total. The summed E-state index contributed by atoms with van der Waals surface area (Å²) in [7, 11) is 1.71. The van der Waals surface area contributed by atoms with E-state index in [0.29, 0.717) is 16.9 Å². The summed E-state index contributed by atoms with van der Waals surface area (Å²) in [6.07, 6.45) is 0. The number of ether oxygens (including phenoxy) is 2. The summed E-state index contributed by atoms with van der Waals surface area (Å²) in [4.78, 5) is 0. The van der Waals surface area contributed by atoms with E-state index in [1.807, 2.05) is 43.1 Å². The third kappa shape index (κ3) is 5.93. The Balaban J connectivity index is 1.94. The Hall–Kier alpha value is -3.33. The van der Waals surface area contributed by atoms with Crippen molar-refractivity contribution in [3.8, 4) is 23.0 Å². The minimum atomic E-state index is -1.95. The molecular weight excluding hydrogens is 578 g/mol. The van der Waals surface area contributed by atoms with Crippen LogP contribution in [0.15, 0.2) is 56.9 Å². The van der Waals surface area contributed by atoms with Crippen LogP contribution in [0.1, 0.15) is 63.8 Å². The van der Waals surface area contributed by atoms with Crippen LogP contribution in [0.5, 0.6) is 23.0 Å². The van der Waals surface area contributed by atoms with Crippen molar-refractivity contribution in [2.45, 2.75) is 66.2 Å². The smallest absolute Gasteiger partial charge is 0.453 e. The standard InChI is InChI=1S/C35H42O6P2/c1-20-15-22-13-12-14-29(30(22)31(21(20)2)38-42-11)39-43-40-32-25(16-23(36-9)18-27(32)34(3,4)5)26-17-24(37-10)19-28(33(26)41-43)35(6,7)8/h12-19,42H,1-11H3. The molecule has 0 saturated carbocycles. The van der Waals surface area contributed by atoms with Crippen molar-refractivity contribution in [2.75, 3.05) is 20.9 Å². The summed E-state index contributed by atoms with van der Waals surface area (Å²) in [6.45, 7) is 19.2. The second-order valence-corrected chi connectivity index (χ2v) is 14.5. The van der Waals surface area contributed by atoms with Gasteiger partial charge in [-0.1, -0.05) is 59.7 Å². The van der Waals surface area contributed by atoms with Gasteiger partial charge in [-0.25, -0.2) is 0 Å². The van der Waals surface area contributed by atoms with Crippen molar-refractivity contribution in [3.05, 3.63) is 70.8 Å². The number of hydrogen-bond donors (Lipinski definition) is 0. The average molecular weight is 621 g/mol. The normalized spacial score (nSPS) is 12.4. The van der Waals surface area contributed by atoms with Crippen LogP contribution < -0.4 is 18.5 Å². The van der Waals surface area contributed by atoms with E-state index in [0.717, 1.165) is 55.5 Å². The lowest BCUT2D eigenvalue weighted by atomic mass is 9.84. The molecule has 1 aromatic heterocycles. The molecule has 0 amide bonds. The van der Waals surface area contributed by atoms with Gasteiger partial charge in [-0.05, 0) is 78.2 Å². The molecular formula is C35H42O6P2. The minimum Gasteiger partial charge on any atom is -0.497 e. The molecule has 0 saturated heterocycles. The molecule has 0 aliphatic rings. The lowest BCUT2D eigenvalue weighted by Gasteiger charge is -2.21. The summed E-state index contributed by atoms with van der Waals surface area (Å²) >= 11 is 0. The van der Waals surface area contributed by atoms with Crippen LogP contribution in [-0.4, -0.2) is 20.9 Å². The van der Waals surface area contributed by atoms with Crippen LogP contribution in [0.25, 0.3) is 32.7 Å². The lowest BCUT2D eigenvalue weighted by molar-refractivity contribution is 0.413.